The molecule has 2 aromatic carbocycles. The van der Waals surface area contributed by atoms with Crippen molar-refractivity contribution in [2.75, 3.05) is 6.54 Å². The van der Waals surface area contributed by atoms with Crippen LogP contribution in [0.1, 0.15) is 45.2 Å². The number of likely N-dealkylation sites (tertiary alicyclic amines) is 1. The van der Waals surface area contributed by atoms with Gasteiger partial charge in [-0.3, -0.25) is 4.79 Å². The van der Waals surface area contributed by atoms with Crippen molar-refractivity contribution >= 4 is 17.2 Å². The Morgan fingerprint density at radius 1 is 1.15 bits per heavy atom. The summed E-state index contributed by atoms with van der Waals surface area (Å²) in [7, 11) is 0. The van der Waals surface area contributed by atoms with Gasteiger partial charge in [-0.05, 0) is 65.6 Å². The Morgan fingerprint density at radius 2 is 1.93 bits per heavy atom. The summed E-state index contributed by atoms with van der Waals surface area (Å²) in [5, 5.41) is 11.0. The molecule has 27 heavy (non-hydrogen) atoms. The lowest BCUT2D eigenvalue weighted by molar-refractivity contribution is 0.0740. The molecule has 1 aliphatic heterocycles. The van der Waals surface area contributed by atoms with Gasteiger partial charge >= 0.3 is 0 Å². The third-order valence-electron chi connectivity index (χ3n) is 5.21. The molecule has 2 heterocycles. The van der Waals surface area contributed by atoms with Crippen LogP contribution in [0, 0.1) is 18.3 Å². The number of nitrogens with zero attached hydrogens (tertiary/aromatic N) is 2. The fraction of sp³-hybridized carbons (Fsp3) is 0.217. The fourth-order valence-electron chi connectivity index (χ4n) is 3.83. The molecule has 4 heteroatoms. The minimum absolute atomic E-state index is 0.0887. The van der Waals surface area contributed by atoms with E-state index >= 15 is 0 Å². The highest BCUT2D eigenvalue weighted by Gasteiger charge is 2.33. The van der Waals surface area contributed by atoms with Crippen LogP contribution in [0.25, 0.3) is 11.1 Å². The number of nitriles is 1. The molecule has 1 fully saturated rings. The average molecular weight is 372 g/mol. The Kier molecular flexibility index (Phi) is 4.79. The second kappa shape index (κ2) is 7.38. The van der Waals surface area contributed by atoms with E-state index < -0.39 is 0 Å². The number of amides is 1. The molecule has 0 radical (unpaired) electrons. The van der Waals surface area contributed by atoms with E-state index in [1.54, 1.807) is 0 Å². The minimum atomic E-state index is 0.0887. The van der Waals surface area contributed by atoms with E-state index in [2.05, 4.69) is 18.2 Å². The van der Waals surface area contributed by atoms with Crippen molar-refractivity contribution in [1.29, 1.82) is 5.26 Å². The van der Waals surface area contributed by atoms with E-state index in [0.29, 0.717) is 5.56 Å². The summed E-state index contributed by atoms with van der Waals surface area (Å²) in [5.41, 5.74) is 5.10. The molecule has 3 aromatic rings. The highest BCUT2D eigenvalue weighted by Crippen LogP contribution is 2.39. The van der Waals surface area contributed by atoms with Crippen molar-refractivity contribution in [3.8, 4) is 17.2 Å². The van der Waals surface area contributed by atoms with Gasteiger partial charge in [0, 0.05) is 6.54 Å². The first-order chi connectivity index (χ1) is 13.2. The molecule has 1 saturated heterocycles. The zero-order valence-corrected chi connectivity index (χ0v) is 16.0. The van der Waals surface area contributed by atoms with Gasteiger partial charge in [-0.25, -0.2) is 0 Å². The summed E-state index contributed by atoms with van der Waals surface area (Å²) in [4.78, 5) is 16.0. The van der Waals surface area contributed by atoms with Crippen LogP contribution >= 0.6 is 11.3 Å². The zero-order chi connectivity index (χ0) is 18.8. The standard InChI is InChI=1S/C23H20N2OS/c1-16-12-14-27-22(16)23(26)25-13-4-7-21(25)20-6-3-2-5-19(20)18-10-8-17(15-24)9-11-18/h2-3,5-6,8-12,14,21H,4,7,13H2,1H3/t21-/m0/s1. The highest BCUT2D eigenvalue weighted by molar-refractivity contribution is 7.12. The lowest BCUT2D eigenvalue weighted by atomic mass is 9.93. The molecule has 0 unspecified atom stereocenters. The van der Waals surface area contributed by atoms with Crippen LogP contribution in [0.5, 0.6) is 0 Å². The third-order valence-corrected chi connectivity index (χ3v) is 6.22. The molecule has 0 saturated carbocycles. The highest BCUT2D eigenvalue weighted by atomic mass is 32.1. The minimum Gasteiger partial charge on any atom is -0.331 e. The SMILES string of the molecule is Cc1ccsc1C(=O)N1CCC[C@H]1c1ccccc1-c1ccc(C#N)cc1. The maximum Gasteiger partial charge on any atom is 0.264 e. The van der Waals surface area contributed by atoms with Crippen LogP contribution in [0.2, 0.25) is 0 Å². The molecular weight excluding hydrogens is 352 g/mol. The normalized spacial score (nSPS) is 16.3. The first kappa shape index (κ1) is 17.5. The van der Waals surface area contributed by atoms with E-state index in [1.807, 2.05) is 59.7 Å². The Hall–Kier alpha value is -2.90. The van der Waals surface area contributed by atoms with Crippen molar-refractivity contribution in [2.24, 2.45) is 0 Å². The van der Waals surface area contributed by atoms with E-state index in [0.717, 1.165) is 41.0 Å². The van der Waals surface area contributed by atoms with Crippen molar-refractivity contribution in [2.45, 2.75) is 25.8 Å². The summed E-state index contributed by atoms with van der Waals surface area (Å²) in [6, 6.07) is 20.2. The average Bonchev–Trinajstić information content (AvgIpc) is 3.36. The molecule has 4 rings (SSSR count). The molecule has 3 nitrogen and oxygen atoms in total. The number of rotatable bonds is 3. The van der Waals surface area contributed by atoms with Crippen LogP contribution in [-0.4, -0.2) is 17.4 Å². The van der Waals surface area contributed by atoms with Gasteiger partial charge in [0.25, 0.3) is 5.91 Å². The van der Waals surface area contributed by atoms with E-state index in [-0.39, 0.29) is 11.9 Å². The summed E-state index contributed by atoms with van der Waals surface area (Å²) < 4.78 is 0. The number of thiophene rings is 1. The largest absolute Gasteiger partial charge is 0.331 e. The van der Waals surface area contributed by atoms with Gasteiger partial charge in [0.2, 0.25) is 0 Å². The Morgan fingerprint density at radius 3 is 2.63 bits per heavy atom. The second-order valence-electron chi connectivity index (χ2n) is 6.87. The van der Waals surface area contributed by atoms with Gasteiger partial charge in [0.15, 0.2) is 0 Å². The summed E-state index contributed by atoms with van der Waals surface area (Å²) >= 11 is 1.52. The van der Waals surface area contributed by atoms with Gasteiger partial charge < -0.3 is 4.90 Å². The molecule has 1 aromatic heterocycles. The lowest BCUT2D eigenvalue weighted by Crippen LogP contribution is -2.30. The van der Waals surface area contributed by atoms with Crippen LogP contribution in [0.4, 0.5) is 0 Å². The number of aryl methyl sites for hydroxylation is 1. The van der Waals surface area contributed by atoms with Gasteiger partial charge in [-0.15, -0.1) is 11.3 Å². The Bertz CT molecular complexity index is 1010. The quantitative estimate of drug-likeness (QED) is 0.603. The third kappa shape index (κ3) is 3.27. The van der Waals surface area contributed by atoms with E-state index in [1.165, 1.54) is 16.9 Å². The molecule has 0 bridgehead atoms. The maximum absolute atomic E-state index is 13.1. The Labute approximate surface area is 163 Å². The first-order valence-electron chi connectivity index (χ1n) is 9.13. The molecule has 1 amide bonds. The van der Waals surface area contributed by atoms with E-state index in [9.17, 15) is 4.79 Å². The molecule has 0 spiro atoms. The predicted molar refractivity (Wildman–Crippen MR) is 109 cm³/mol. The van der Waals surface area contributed by atoms with Crippen molar-refractivity contribution in [3.63, 3.8) is 0 Å². The van der Waals surface area contributed by atoms with Crippen LogP contribution in [-0.2, 0) is 0 Å². The molecule has 1 atom stereocenters. The molecular formula is C23H20N2OS. The molecule has 0 aliphatic carbocycles. The predicted octanol–water partition coefficient (Wildman–Crippen LogP) is 5.57. The molecule has 0 N–H and O–H groups in total. The van der Waals surface area contributed by atoms with E-state index in [4.69, 9.17) is 5.26 Å². The van der Waals surface area contributed by atoms with Crippen molar-refractivity contribution in [1.82, 2.24) is 4.90 Å². The lowest BCUT2D eigenvalue weighted by Gasteiger charge is -2.27. The molecule has 1 aliphatic rings. The van der Waals surface area contributed by atoms with Gasteiger partial charge in [0.05, 0.1) is 22.6 Å². The second-order valence-corrected chi connectivity index (χ2v) is 7.78. The van der Waals surface area contributed by atoms with Crippen LogP contribution in [0.15, 0.2) is 60.0 Å². The zero-order valence-electron chi connectivity index (χ0n) is 15.2. The first-order valence-corrected chi connectivity index (χ1v) is 10.0. The topological polar surface area (TPSA) is 44.1 Å². The van der Waals surface area contributed by atoms with Crippen molar-refractivity contribution < 1.29 is 4.79 Å². The number of hydrogen-bond donors (Lipinski definition) is 0. The molecule has 134 valence electrons. The fourth-order valence-corrected chi connectivity index (χ4v) is 4.71. The van der Waals surface area contributed by atoms with Gasteiger partial charge in [0.1, 0.15) is 0 Å². The number of carbonyl (C=O) groups is 1. The van der Waals surface area contributed by atoms with Crippen LogP contribution < -0.4 is 0 Å². The summed E-state index contributed by atoms with van der Waals surface area (Å²) in [6.07, 6.45) is 1.99. The van der Waals surface area contributed by atoms with Gasteiger partial charge in [-0.1, -0.05) is 36.4 Å². The van der Waals surface area contributed by atoms with Crippen molar-refractivity contribution in [3.05, 3.63) is 81.5 Å². The van der Waals surface area contributed by atoms with Gasteiger partial charge in [-0.2, -0.15) is 5.26 Å². The van der Waals surface area contributed by atoms with Crippen LogP contribution in [0.3, 0.4) is 0 Å². The maximum atomic E-state index is 13.1. The summed E-state index contributed by atoms with van der Waals surface area (Å²) in [5.74, 6) is 0.139. The number of carbonyl (C=O) groups excluding carboxylic acids is 1. The monoisotopic (exact) mass is 372 g/mol. The number of hydrogen-bond acceptors (Lipinski definition) is 3. The number of benzene rings is 2. The Balaban J connectivity index is 1.71. The summed E-state index contributed by atoms with van der Waals surface area (Å²) in [6.45, 7) is 2.79. The smallest absolute Gasteiger partial charge is 0.264 e.